The molecule has 0 unspecified atom stereocenters. The van der Waals surface area contributed by atoms with Gasteiger partial charge in [0, 0.05) is 28.2 Å². The molecule has 0 aromatic carbocycles. The van der Waals surface area contributed by atoms with Crippen LogP contribution in [0.5, 0.6) is 0 Å². The molecule has 0 heterocycles. The van der Waals surface area contributed by atoms with E-state index in [2.05, 4.69) is 25.8 Å². The van der Waals surface area contributed by atoms with Crippen molar-refractivity contribution >= 4 is 18.4 Å². The molecule has 0 amide bonds. The quantitative estimate of drug-likeness (QED) is 0.445. The summed E-state index contributed by atoms with van der Waals surface area (Å²) in [5, 5.41) is 0. The van der Waals surface area contributed by atoms with Crippen molar-refractivity contribution in [3.63, 3.8) is 0 Å². The number of aliphatic imine (C=N–C) groups is 1. The molecule has 0 bridgehead atoms. The van der Waals surface area contributed by atoms with E-state index >= 15 is 0 Å². The van der Waals surface area contributed by atoms with Crippen molar-refractivity contribution in [1.82, 2.24) is 9.80 Å². The van der Waals surface area contributed by atoms with E-state index in [9.17, 15) is 0 Å². The highest BCUT2D eigenvalue weighted by Crippen LogP contribution is 2.07. The van der Waals surface area contributed by atoms with E-state index in [1.54, 1.807) is 0 Å². The molecule has 80 valence electrons. The minimum absolute atomic E-state index is 0. The zero-order valence-electron chi connectivity index (χ0n) is 9.75. The van der Waals surface area contributed by atoms with Crippen LogP contribution in [-0.4, -0.2) is 49.5 Å². The van der Waals surface area contributed by atoms with Gasteiger partial charge in [-0.1, -0.05) is 0 Å². The molecule has 0 saturated heterocycles. The standard InChI is InChI=1S/C9H21N3.ClH/c1-9(2,3)10-8(11(4)5)12(6)7;/h1-7H3;1H. The molecule has 0 aromatic heterocycles. The fraction of sp³-hybridized carbons (Fsp3) is 0.889. The lowest BCUT2D eigenvalue weighted by Crippen LogP contribution is -2.37. The van der Waals surface area contributed by atoms with Crippen LogP contribution in [0.1, 0.15) is 20.8 Å². The van der Waals surface area contributed by atoms with E-state index in [0.717, 1.165) is 5.96 Å². The first-order chi connectivity index (χ1) is 5.24. The van der Waals surface area contributed by atoms with Gasteiger partial charge in [0.05, 0.1) is 5.54 Å². The monoisotopic (exact) mass is 207 g/mol. The topological polar surface area (TPSA) is 18.8 Å². The maximum atomic E-state index is 4.58. The van der Waals surface area contributed by atoms with Gasteiger partial charge >= 0.3 is 0 Å². The van der Waals surface area contributed by atoms with Gasteiger partial charge in [-0.05, 0) is 20.8 Å². The summed E-state index contributed by atoms with van der Waals surface area (Å²) >= 11 is 0. The normalized spacial score (nSPS) is 10.1. The van der Waals surface area contributed by atoms with Crippen molar-refractivity contribution in [3.05, 3.63) is 0 Å². The second kappa shape index (κ2) is 5.32. The molecule has 4 heteroatoms. The molecule has 0 fully saturated rings. The van der Waals surface area contributed by atoms with Crippen molar-refractivity contribution in [2.24, 2.45) is 4.99 Å². The molecule has 13 heavy (non-hydrogen) atoms. The Hall–Kier alpha value is -0.440. The summed E-state index contributed by atoms with van der Waals surface area (Å²) in [7, 11) is 8.02. The minimum Gasteiger partial charge on any atom is -0.349 e. The summed E-state index contributed by atoms with van der Waals surface area (Å²) in [6, 6.07) is 0. The molecular weight excluding hydrogens is 186 g/mol. The molecule has 0 N–H and O–H groups in total. The first-order valence-electron chi connectivity index (χ1n) is 4.18. The van der Waals surface area contributed by atoms with Gasteiger partial charge in [-0.25, -0.2) is 4.99 Å². The number of hydrogen-bond donors (Lipinski definition) is 0. The maximum absolute atomic E-state index is 4.58. The Bertz CT molecular complexity index is 158. The Morgan fingerprint density at radius 3 is 1.31 bits per heavy atom. The third-order valence-electron chi connectivity index (χ3n) is 1.24. The third-order valence-corrected chi connectivity index (χ3v) is 1.24. The van der Waals surface area contributed by atoms with Crippen molar-refractivity contribution in [1.29, 1.82) is 0 Å². The smallest absolute Gasteiger partial charge is 0.196 e. The van der Waals surface area contributed by atoms with Crippen LogP contribution in [0.3, 0.4) is 0 Å². The largest absolute Gasteiger partial charge is 0.349 e. The van der Waals surface area contributed by atoms with Gasteiger partial charge in [0.25, 0.3) is 0 Å². The van der Waals surface area contributed by atoms with Crippen LogP contribution in [0.15, 0.2) is 4.99 Å². The van der Waals surface area contributed by atoms with Crippen LogP contribution in [0.2, 0.25) is 0 Å². The highest BCUT2D eigenvalue weighted by Gasteiger charge is 2.12. The second-order valence-corrected chi connectivity index (χ2v) is 4.37. The van der Waals surface area contributed by atoms with Gasteiger partial charge in [0.15, 0.2) is 5.96 Å². The van der Waals surface area contributed by atoms with Crippen LogP contribution in [-0.2, 0) is 0 Å². The molecule has 3 nitrogen and oxygen atoms in total. The lowest BCUT2D eigenvalue weighted by Gasteiger charge is -2.26. The second-order valence-electron chi connectivity index (χ2n) is 4.37. The number of guanidine groups is 1. The zero-order chi connectivity index (χ0) is 9.94. The Balaban J connectivity index is 0. The van der Waals surface area contributed by atoms with E-state index < -0.39 is 0 Å². The van der Waals surface area contributed by atoms with Crippen molar-refractivity contribution in [3.8, 4) is 0 Å². The summed E-state index contributed by atoms with van der Waals surface area (Å²) in [4.78, 5) is 8.61. The van der Waals surface area contributed by atoms with E-state index in [-0.39, 0.29) is 17.9 Å². The maximum Gasteiger partial charge on any atom is 0.196 e. The highest BCUT2D eigenvalue weighted by atomic mass is 35.5. The lowest BCUT2D eigenvalue weighted by molar-refractivity contribution is 0.455. The summed E-state index contributed by atoms with van der Waals surface area (Å²) < 4.78 is 0. The fourth-order valence-electron chi connectivity index (χ4n) is 0.900. The molecule has 0 radical (unpaired) electrons. The van der Waals surface area contributed by atoms with Gasteiger partial charge in [-0.2, -0.15) is 0 Å². The van der Waals surface area contributed by atoms with E-state index in [1.165, 1.54) is 0 Å². The summed E-state index contributed by atoms with van der Waals surface area (Å²) in [5.41, 5.74) is -0.0100. The molecule has 0 aliphatic heterocycles. The number of halogens is 1. The van der Waals surface area contributed by atoms with E-state index in [0.29, 0.717) is 0 Å². The van der Waals surface area contributed by atoms with Crippen LogP contribution >= 0.6 is 12.4 Å². The Kier molecular flexibility index (Phi) is 6.16. The zero-order valence-corrected chi connectivity index (χ0v) is 10.6. The molecule has 0 rings (SSSR count). The molecule has 0 spiro atoms. The molecular formula is C9H22ClN3. The SMILES string of the molecule is CN(C)C(=NC(C)(C)C)N(C)C.Cl. The van der Waals surface area contributed by atoms with Crippen molar-refractivity contribution < 1.29 is 0 Å². The third kappa shape index (κ3) is 6.70. The lowest BCUT2D eigenvalue weighted by atomic mass is 10.1. The van der Waals surface area contributed by atoms with Gasteiger partial charge in [0.2, 0.25) is 0 Å². The van der Waals surface area contributed by atoms with Crippen LogP contribution in [0.25, 0.3) is 0 Å². The van der Waals surface area contributed by atoms with E-state index in [4.69, 9.17) is 0 Å². The number of nitrogens with zero attached hydrogens (tertiary/aromatic N) is 3. The van der Waals surface area contributed by atoms with Crippen LogP contribution in [0, 0.1) is 0 Å². The summed E-state index contributed by atoms with van der Waals surface area (Å²) in [6.45, 7) is 6.29. The van der Waals surface area contributed by atoms with Gasteiger partial charge in [0.1, 0.15) is 0 Å². The molecule has 0 aromatic rings. The highest BCUT2D eigenvalue weighted by molar-refractivity contribution is 5.85. The minimum atomic E-state index is -0.0100. The van der Waals surface area contributed by atoms with Gasteiger partial charge in [-0.3, -0.25) is 0 Å². The molecule has 0 aliphatic carbocycles. The van der Waals surface area contributed by atoms with E-state index in [1.807, 2.05) is 38.0 Å². The summed E-state index contributed by atoms with van der Waals surface area (Å²) in [6.07, 6.45) is 0. The predicted octanol–water partition coefficient (Wildman–Crippen LogP) is 1.69. The molecule has 0 aliphatic rings. The Labute approximate surface area is 88.2 Å². The van der Waals surface area contributed by atoms with Crippen molar-refractivity contribution in [2.45, 2.75) is 26.3 Å². The first-order valence-corrected chi connectivity index (χ1v) is 4.18. The van der Waals surface area contributed by atoms with Crippen molar-refractivity contribution in [2.75, 3.05) is 28.2 Å². The number of rotatable bonds is 0. The first kappa shape index (κ1) is 15.1. The van der Waals surface area contributed by atoms with Crippen LogP contribution < -0.4 is 0 Å². The van der Waals surface area contributed by atoms with Crippen LogP contribution in [0.4, 0.5) is 0 Å². The average Bonchev–Trinajstić information content (AvgIpc) is 1.79. The van der Waals surface area contributed by atoms with Gasteiger partial charge < -0.3 is 9.80 Å². The Morgan fingerprint density at radius 2 is 1.23 bits per heavy atom. The number of hydrogen-bond acceptors (Lipinski definition) is 1. The van der Waals surface area contributed by atoms with Gasteiger partial charge in [-0.15, -0.1) is 12.4 Å². The average molecular weight is 208 g/mol. The molecule has 0 saturated carbocycles. The molecule has 0 atom stereocenters. The fourth-order valence-corrected chi connectivity index (χ4v) is 0.900. The predicted molar refractivity (Wildman–Crippen MR) is 61.8 cm³/mol. The Morgan fingerprint density at radius 1 is 0.923 bits per heavy atom. The summed E-state index contributed by atoms with van der Waals surface area (Å²) in [5.74, 6) is 1.00.